The van der Waals surface area contributed by atoms with Gasteiger partial charge < -0.3 is 26.0 Å². The lowest BCUT2D eigenvalue weighted by Gasteiger charge is -2.33. The number of guanidine groups is 1. The number of carbonyl (C=O) groups is 3. The van der Waals surface area contributed by atoms with Gasteiger partial charge in [0.1, 0.15) is 0 Å². The first-order valence-corrected chi connectivity index (χ1v) is 10.3. The van der Waals surface area contributed by atoms with Gasteiger partial charge in [-0.25, -0.2) is 4.99 Å². The lowest BCUT2D eigenvalue weighted by Crippen LogP contribution is -2.46. The predicted octanol–water partition coefficient (Wildman–Crippen LogP) is 1.26. The number of likely N-dealkylation sites (tertiary alicyclic amines) is 1. The molecule has 0 aromatic heterocycles. The fraction of sp³-hybridized carbons (Fsp3) is 0.524. The van der Waals surface area contributed by atoms with E-state index in [0.29, 0.717) is 18.7 Å². The molecule has 0 radical (unpaired) electrons. The minimum absolute atomic E-state index is 0. The Labute approximate surface area is 200 Å². The molecule has 1 aromatic rings. The third kappa shape index (κ3) is 8.72. The zero-order valence-corrected chi connectivity index (χ0v) is 20.4. The number of hydrogen-bond donors (Lipinski definition) is 3. The van der Waals surface area contributed by atoms with E-state index < -0.39 is 5.91 Å². The average Bonchev–Trinajstić information content (AvgIpc) is 2.75. The highest BCUT2D eigenvalue weighted by Crippen LogP contribution is 2.19. The van der Waals surface area contributed by atoms with Crippen LogP contribution in [0.4, 0.5) is 0 Å². The molecule has 1 aliphatic heterocycles. The number of nitrogens with zero attached hydrogens (tertiary/aromatic N) is 2. The molecule has 0 spiro atoms. The van der Waals surface area contributed by atoms with Gasteiger partial charge in [0.05, 0.1) is 25.6 Å². The van der Waals surface area contributed by atoms with Crippen LogP contribution in [0.25, 0.3) is 0 Å². The lowest BCUT2D eigenvalue weighted by molar-refractivity contribution is -0.149. The molecule has 2 rings (SSSR count). The number of nitrogens with two attached hydrogens (primary N) is 1. The quantitative estimate of drug-likeness (QED) is 0.196. The molecule has 1 saturated heterocycles. The SMILES string of the molecule is CCNC(=NCc1ccc(C(=O)NCC(N)=O)cc1)N1CCC(C(=O)OCC)CC1.I. The molecular formula is C21H32IN5O4. The number of halogens is 1. The highest BCUT2D eigenvalue weighted by atomic mass is 127. The number of amides is 2. The van der Waals surface area contributed by atoms with E-state index in [-0.39, 0.29) is 48.3 Å². The van der Waals surface area contributed by atoms with Crippen molar-refractivity contribution in [3.8, 4) is 0 Å². The summed E-state index contributed by atoms with van der Waals surface area (Å²) in [6, 6.07) is 7.05. The van der Waals surface area contributed by atoms with Crippen molar-refractivity contribution >= 4 is 47.7 Å². The summed E-state index contributed by atoms with van der Waals surface area (Å²) in [4.78, 5) is 41.5. The maximum Gasteiger partial charge on any atom is 0.309 e. The lowest BCUT2D eigenvalue weighted by atomic mass is 9.97. The summed E-state index contributed by atoms with van der Waals surface area (Å²) in [5, 5.41) is 5.76. The number of benzene rings is 1. The molecule has 1 heterocycles. The number of carbonyl (C=O) groups excluding carboxylic acids is 3. The molecule has 0 unspecified atom stereocenters. The van der Waals surface area contributed by atoms with E-state index in [1.54, 1.807) is 12.1 Å². The highest BCUT2D eigenvalue weighted by molar-refractivity contribution is 14.0. The Bertz CT molecular complexity index is 762. The maximum absolute atomic E-state index is 11.9. The van der Waals surface area contributed by atoms with Crippen LogP contribution in [0.15, 0.2) is 29.3 Å². The Morgan fingerprint density at radius 3 is 2.32 bits per heavy atom. The van der Waals surface area contributed by atoms with Gasteiger partial charge in [-0.3, -0.25) is 14.4 Å². The number of piperidine rings is 1. The normalized spacial score (nSPS) is 14.4. The molecule has 0 aliphatic carbocycles. The molecule has 2 amide bonds. The minimum Gasteiger partial charge on any atom is -0.466 e. The molecule has 31 heavy (non-hydrogen) atoms. The number of aliphatic imine (C=N–C) groups is 1. The van der Waals surface area contributed by atoms with Crippen LogP contribution in [-0.2, 0) is 20.9 Å². The summed E-state index contributed by atoms with van der Waals surface area (Å²) in [5.41, 5.74) is 6.44. The summed E-state index contributed by atoms with van der Waals surface area (Å²) >= 11 is 0. The van der Waals surface area contributed by atoms with Gasteiger partial charge in [-0.1, -0.05) is 12.1 Å². The molecule has 4 N–H and O–H groups in total. The number of nitrogens with one attached hydrogen (secondary N) is 2. The van der Waals surface area contributed by atoms with Crippen molar-refractivity contribution in [2.24, 2.45) is 16.6 Å². The molecular weight excluding hydrogens is 513 g/mol. The Kier molecular flexibility index (Phi) is 11.9. The van der Waals surface area contributed by atoms with Crippen molar-refractivity contribution in [3.63, 3.8) is 0 Å². The van der Waals surface area contributed by atoms with Crippen LogP contribution < -0.4 is 16.4 Å². The highest BCUT2D eigenvalue weighted by Gasteiger charge is 2.27. The molecule has 9 nitrogen and oxygen atoms in total. The van der Waals surface area contributed by atoms with Crippen molar-refractivity contribution < 1.29 is 19.1 Å². The first-order valence-electron chi connectivity index (χ1n) is 10.3. The van der Waals surface area contributed by atoms with Crippen LogP contribution in [0.2, 0.25) is 0 Å². The first kappa shape index (κ1) is 26.7. The van der Waals surface area contributed by atoms with E-state index in [2.05, 4.69) is 15.5 Å². The van der Waals surface area contributed by atoms with Gasteiger partial charge in [-0.05, 0) is 44.4 Å². The Morgan fingerprint density at radius 1 is 1.13 bits per heavy atom. The van der Waals surface area contributed by atoms with Crippen LogP contribution in [-0.4, -0.2) is 61.4 Å². The summed E-state index contributed by atoms with van der Waals surface area (Å²) in [6.07, 6.45) is 1.50. The van der Waals surface area contributed by atoms with Gasteiger partial charge in [0, 0.05) is 25.2 Å². The topological polar surface area (TPSA) is 126 Å². The van der Waals surface area contributed by atoms with Crippen molar-refractivity contribution in [3.05, 3.63) is 35.4 Å². The van der Waals surface area contributed by atoms with Crippen molar-refractivity contribution in [2.75, 3.05) is 32.8 Å². The van der Waals surface area contributed by atoms with Gasteiger partial charge in [0.2, 0.25) is 5.91 Å². The van der Waals surface area contributed by atoms with Crippen molar-refractivity contribution in [1.29, 1.82) is 0 Å². The monoisotopic (exact) mass is 545 g/mol. The minimum atomic E-state index is -0.587. The van der Waals surface area contributed by atoms with Gasteiger partial charge in [-0.15, -0.1) is 24.0 Å². The van der Waals surface area contributed by atoms with E-state index in [9.17, 15) is 14.4 Å². The van der Waals surface area contributed by atoms with E-state index in [1.807, 2.05) is 26.0 Å². The summed E-state index contributed by atoms with van der Waals surface area (Å²) < 4.78 is 5.13. The van der Waals surface area contributed by atoms with Crippen LogP contribution in [0.3, 0.4) is 0 Å². The zero-order chi connectivity index (χ0) is 21.9. The Balaban J connectivity index is 0.00000480. The number of rotatable bonds is 8. The van der Waals surface area contributed by atoms with Crippen LogP contribution in [0.1, 0.15) is 42.6 Å². The number of esters is 1. The molecule has 1 aromatic carbocycles. The van der Waals surface area contributed by atoms with Crippen LogP contribution in [0.5, 0.6) is 0 Å². The fourth-order valence-electron chi connectivity index (χ4n) is 3.21. The predicted molar refractivity (Wildman–Crippen MR) is 129 cm³/mol. The van der Waals surface area contributed by atoms with Gasteiger partial charge in [-0.2, -0.15) is 0 Å². The fourth-order valence-corrected chi connectivity index (χ4v) is 3.21. The maximum atomic E-state index is 11.9. The molecule has 0 atom stereocenters. The summed E-state index contributed by atoms with van der Waals surface area (Å²) in [5.74, 6) is -0.280. The molecule has 0 bridgehead atoms. The smallest absolute Gasteiger partial charge is 0.309 e. The van der Waals surface area contributed by atoms with E-state index in [4.69, 9.17) is 15.5 Å². The third-order valence-electron chi connectivity index (χ3n) is 4.80. The molecule has 10 heteroatoms. The van der Waals surface area contributed by atoms with Crippen molar-refractivity contribution in [2.45, 2.75) is 33.2 Å². The molecule has 0 saturated carbocycles. The van der Waals surface area contributed by atoms with Crippen LogP contribution >= 0.6 is 24.0 Å². The molecule has 1 fully saturated rings. The standard InChI is InChI=1S/C21H31N5O4.HI/c1-3-23-21(26-11-9-17(10-12-26)20(29)30-4-2)25-13-15-5-7-16(8-6-15)19(28)24-14-18(22)27;/h5-8,17H,3-4,9-14H2,1-2H3,(H2,22,27)(H,23,25)(H,24,28);1H. The zero-order valence-electron chi connectivity index (χ0n) is 18.1. The van der Waals surface area contributed by atoms with E-state index in [1.165, 1.54) is 0 Å². The van der Waals surface area contributed by atoms with E-state index in [0.717, 1.165) is 44.0 Å². The molecule has 1 aliphatic rings. The second kappa shape index (κ2) is 13.8. The number of primary amides is 1. The summed E-state index contributed by atoms with van der Waals surface area (Å²) in [7, 11) is 0. The van der Waals surface area contributed by atoms with E-state index >= 15 is 0 Å². The summed E-state index contributed by atoms with van der Waals surface area (Å²) in [6.45, 7) is 6.75. The Morgan fingerprint density at radius 2 is 1.77 bits per heavy atom. The second-order valence-corrected chi connectivity index (χ2v) is 7.03. The second-order valence-electron chi connectivity index (χ2n) is 7.03. The number of hydrogen-bond acceptors (Lipinski definition) is 5. The van der Waals surface area contributed by atoms with Gasteiger partial charge in [0.15, 0.2) is 5.96 Å². The third-order valence-corrected chi connectivity index (χ3v) is 4.80. The largest absolute Gasteiger partial charge is 0.466 e. The molecule has 172 valence electrons. The van der Waals surface area contributed by atoms with Gasteiger partial charge >= 0.3 is 5.97 Å². The first-order chi connectivity index (χ1) is 14.4. The number of ether oxygens (including phenoxy) is 1. The van der Waals surface area contributed by atoms with Crippen molar-refractivity contribution in [1.82, 2.24) is 15.5 Å². The average molecular weight is 545 g/mol. The van der Waals surface area contributed by atoms with Gasteiger partial charge in [0.25, 0.3) is 5.91 Å². The Hall–Kier alpha value is -2.37. The van der Waals surface area contributed by atoms with Crippen LogP contribution in [0, 0.1) is 5.92 Å².